The lowest BCUT2D eigenvalue weighted by molar-refractivity contribution is -0.156. The molecule has 0 aliphatic carbocycles. The highest BCUT2D eigenvalue weighted by molar-refractivity contribution is 5.69. The van der Waals surface area contributed by atoms with Crippen LogP contribution in [0.25, 0.3) is 0 Å². The number of carbonyl (C=O) groups excluding carboxylic acids is 1. The van der Waals surface area contributed by atoms with Gasteiger partial charge in [0.1, 0.15) is 31.0 Å². The van der Waals surface area contributed by atoms with Crippen molar-refractivity contribution in [3.8, 4) is 0 Å². The van der Waals surface area contributed by atoms with Crippen molar-refractivity contribution in [2.45, 2.75) is 102 Å². The van der Waals surface area contributed by atoms with Crippen LogP contribution in [0.5, 0.6) is 0 Å². The van der Waals surface area contributed by atoms with Gasteiger partial charge in [-0.05, 0) is 6.42 Å². The van der Waals surface area contributed by atoms with Gasteiger partial charge in [-0.2, -0.15) is 0 Å². The summed E-state index contributed by atoms with van der Waals surface area (Å²) in [5.41, 5.74) is 0. The lowest BCUT2D eigenvalue weighted by atomic mass is 10.0. The minimum absolute atomic E-state index is 0.251. The van der Waals surface area contributed by atoms with E-state index in [1.807, 2.05) is 0 Å². The Balaban J connectivity index is 3.62. The lowest BCUT2D eigenvalue weighted by Gasteiger charge is -2.25. The monoisotopic (exact) mass is 378 g/mol. The fraction of sp³-hybridized carbons (Fsp3) is 0.947. The van der Waals surface area contributed by atoms with Crippen molar-refractivity contribution in [3.63, 3.8) is 0 Å². The summed E-state index contributed by atoms with van der Waals surface area (Å²) < 4.78 is 4.87. The zero-order valence-corrected chi connectivity index (χ0v) is 16.1. The summed E-state index contributed by atoms with van der Waals surface area (Å²) in [7, 11) is 0. The zero-order chi connectivity index (χ0) is 19.8. The summed E-state index contributed by atoms with van der Waals surface area (Å²) in [6, 6.07) is 0. The summed E-state index contributed by atoms with van der Waals surface area (Å²) in [6.07, 6.45) is 5.40. The number of esters is 1. The molecule has 0 bridgehead atoms. The van der Waals surface area contributed by atoms with E-state index in [1.54, 1.807) is 0 Å². The minimum Gasteiger partial charge on any atom is -0.463 e. The van der Waals surface area contributed by atoms with Crippen LogP contribution >= 0.6 is 0 Å². The van der Waals surface area contributed by atoms with Crippen molar-refractivity contribution in [2.24, 2.45) is 0 Å². The maximum absolute atomic E-state index is 11.6. The average molecular weight is 379 g/mol. The molecule has 0 saturated carbocycles. The molecule has 7 heteroatoms. The molecule has 0 rings (SSSR count). The zero-order valence-electron chi connectivity index (χ0n) is 16.1. The van der Waals surface area contributed by atoms with Gasteiger partial charge in [-0.3, -0.25) is 4.79 Å². The molecule has 0 spiro atoms. The molecule has 0 aliphatic rings. The van der Waals surface area contributed by atoms with Crippen LogP contribution in [-0.4, -0.2) is 69.1 Å². The van der Waals surface area contributed by atoms with Crippen LogP contribution in [0.4, 0.5) is 0 Å². The summed E-state index contributed by atoms with van der Waals surface area (Å²) in [5, 5.41) is 46.6. The normalized spacial score (nSPS) is 16.1. The first kappa shape index (κ1) is 25.3. The first-order chi connectivity index (χ1) is 12.4. The Morgan fingerprint density at radius 2 is 1.23 bits per heavy atom. The molecular weight excluding hydrogens is 340 g/mol. The maximum Gasteiger partial charge on any atom is 0.305 e. The maximum atomic E-state index is 11.6. The van der Waals surface area contributed by atoms with Crippen LogP contribution in [0.2, 0.25) is 0 Å². The van der Waals surface area contributed by atoms with Crippen LogP contribution in [0, 0.1) is 0 Å². The number of aliphatic hydroxyl groups excluding tert-OH is 5. The molecule has 0 unspecified atom stereocenters. The number of ether oxygens (including phenoxy) is 1. The fourth-order valence-corrected chi connectivity index (χ4v) is 2.67. The number of hydrogen-bond acceptors (Lipinski definition) is 7. The lowest BCUT2D eigenvalue weighted by Crippen LogP contribution is -2.47. The topological polar surface area (TPSA) is 127 Å². The third-order valence-electron chi connectivity index (χ3n) is 4.47. The summed E-state index contributed by atoms with van der Waals surface area (Å²) in [4.78, 5) is 11.6. The fourth-order valence-electron chi connectivity index (χ4n) is 2.67. The van der Waals surface area contributed by atoms with Gasteiger partial charge >= 0.3 is 5.97 Å². The van der Waals surface area contributed by atoms with E-state index in [4.69, 9.17) is 9.84 Å². The summed E-state index contributed by atoms with van der Waals surface area (Å²) in [6.45, 7) is 0.995. The Labute approximate surface area is 157 Å². The number of aliphatic hydroxyl groups is 5. The Hall–Kier alpha value is -0.730. The van der Waals surface area contributed by atoms with E-state index in [-0.39, 0.29) is 6.42 Å². The van der Waals surface area contributed by atoms with Gasteiger partial charge in [-0.25, -0.2) is 0 Å². The first-order valence-corrected chi connectivity index (χ1v) is 9.92. The van der Waals surface area contributed by atoms with Gasteiger partial charge in [0, 0.05) is 6.42 Å². The summed E-state index contributed by atoms with van der Waals surface area (Å²) in [5.74, 6) is -0.465. The molecule has 26 heavy (non-hydrogen) atoms. The minimum atomic E-state index is -1.71. The predicted molar refractivity (Wildman–Crippen MR) is 98.5 cm³/mol. The van der Waals surface area contributed by atoms with Crippen LogP contribution in [0.1, 0.15) is 77.6 Å². The molecule has 7 nitrogen and oxygen atoms in total. The first-order valence-electron chi connectivity index (χ1n) is 9.92. The Morgan fingerprint density at radius 1 is 0.769 bits per heavy atom. The second-order valence-electron chi connectivity index (χ2n) is 6.91. The van der Waals surface area contributed by atoms with E-state index in [0.29, 0.717) is 0 Å². The van der Waals surface area contributed by atoms with Crippen molar-refractivity contribution in [2.75, 3.05) is 13.2 Å². The van der Waals surface area contributed by atoms with Crippen LogP contribution in [-0.2, 0) is 9.53 Å². The van der Waals surface area contributed by atoms with Gasteiger partial charge in [0.25, 0.3) is 0 Å². The molecule has 0 radical (unpaired) electrons. The van der Waals surface area contributed by atoms with E-state index in [2.05, 4.69) is 6.92 Å². The van der Waals surface area contributed by atoms with E-state index in [0.717, 1.165) is 19.3 Å². The molecule has 156 valence electrons. The van der Waals surface area contributed by atoms with Gasteiger partial charge in [-0.15, -0.1) is 0 Å². The molecule has 0 heterocycles. The standard InChI is InChI=1S/C19H38O7/c1-2-3-4-5-6-7-8-9-10-11-12-17(23)26-14-16(22)19(25)18(24)15(21)13-20/h15-16,18-22,24-25H,2-14H2,1H3/t15-,16-,18-,19-/m1/s1. The third kappa shape index (κ3) is 12.6. The molecule has 0 aliphatic heterocycles. The van der Waals surface area contributed by atoms with E-state index in [1.165, 1.54) is 44.9 Å². The molecule has 5 N–H and O–H groups in total. The highest BCUT2D eigenvalue weighted by Crippen LogP contribution is 2.12. The van der Waals surface area contributed by atoms with E-state index < -0.39 is 43.6 Å². The van der Waals surface area contributed by atoms with Crippen molar-refractivity contribution in [1.29, 1.82) is 0 Å². The second-order valence-corrected chi connectivity index (χ2v) is 6.91. The van der Waals surface area contributed by atoms with Crippen LogP contribution in [0.15, 0.2) is 0 Å². The number of rotatable bonds is 17. The average Bonchev–Trinajstić information content (AvgIpc) is 2.65. The highest BCUT2D eigenvalue weighted by Gasteiger charge is 2.30. The largest absolute Gasteiger partial charge is 0.463 e. The van der Waals surface area contributed by atoms with Gasteiger partial charge < -0.3 is 30.3 Å². The van der Waals surface area contributed by atoms with Crippen molar-refractivity contribution in [3.05, 3.63) is 0 Å². The molecule has 0 fully saturated rings. The molecule has 0 amide bonds. The van der Waals surface area contributed by atoms with Gasteiger partial charge in [0.05, 0.1) is 6.61 Å². The Kier molecular flexibility index (Phi) is 16.0. The van der Waals surface area contributed by atoms with Gasteiger partial charge in [0.15, 0.2) is 0 Å². The van der Waals surface area contributed by atoms with Crippen molar-refractivity contribution < 1.29 is 35.1 Å². The quantitative estimate of drug-likeness (QED) is 0.190. The Morgan fingerprint density at radius 3 is 1.73 bits per heavy atom. The van der Waals surface area contributed by atoms with E-state index >= 15 is 0 Å². The number of carbonyl (C=O) groups is 1. The SMILES string of the molecule is CCCCCCCCCCCCC(=O)OC[C@@H](O)[C@@H](O)[C@H](O)[C@H](O)CO. The van der Waals surface area contributed by atoms with Crippen molar-refractivity contribution >= 4 is 5.97 Å². The van der Waals surface area contributed by atoms with Gasteiger partial charge in [-0.1, -0.05) is 64.7 Å². The molecule has 4 atom stereocenters. The molecular formula is C19H38O7. The number of unbranched alkanes of at least 4 members (excludes halogenated alkanes) is 9. The third-order valence-corrected chi connectivity index (χ3v) is 4.47. The molecule has 0 aromatic rings. The molecule has 0 aromatic heterocycles. The molecule has 0 aromatic carbocycles. The second kappa shape index (κ2) is 16.4. The Bertz CT molecular complexity index is 338. The van der Waals surface area contributed by atoms with Crippen LogP contribution < -0.4 is 0 Å². The molecule has 0 saturated heterocycles. The predicted octanol–water partition coefficient (Wildman–Crippen LogP) is 1.28. The van der Waals surface area contributed by atoms with E-state index in [9.17, 15) is 25.2 Å². The smallest absolute Gasteiger partial charge is 0.305 e. The van der Waals surface area contributed by atoms with Crippen molar-refractivity contribution in [1.82, 2.24) is 0 Å². The number of hydrogen-bond donors (Lipinski definition) is 5. The van der Waals surface area contributed by atoms with Crippen LogP contribution in [0.3, 0.4) is 0 Å². The highest BCUT2D eigenvalue weighted by atomic mass is 16.5. The summed E-state index contributed by atoms with van der Waals surface area (Å²) >= 11 is 0. The van der Waals surface area contributed by atoms with Gasteiger partial charge in [0.2, 0.25) is 0 Å².